The summed E-state index contributed by atoms with van der Waals surface area (Å²) in [6, 6.07) is 6.92. The number of hydrogen-bond donors (Lipinski definition) is 1. The third kappa shape index (κ3) is 2.70. The lowest BCUT2D eigenvalue weighted by molar-refractivity contribution is 0.684. The third-order valence-electron chi connectivity index (χ3n) is 5.73. The van der Waals surface area contributed by atoms with Gasteiger partial charge in [0.15, 0.2) is 5.82 Å². The molecule has 138 valence electrons. The summed E-state index contributed by atoms with van der Waals surface area (Å²) in [6.45, 7) is 4.92. The molecule has 3 aromatic heterocycles. The van der Waals surface area contributed by atoms with Gasteiger partial charge in [-0.25, -0.2) is 0 Å². The fourth-order valence-corrected chi connectivity index (χ4v) is 5.28. The van der Waals surface area contributed by atoms with E-state index in [1.165, 1.54) is 53.3 Å². The second-order valence-corrected chi connectivity index (χ2v) is 8.51. The Hall–Kier alpha value is -2.47. The summed E-state index contributed by atoms with van der Waals surface area (Å²) in [4.78, 5) is 0.984. The Bertz CT molecular complexity index is 1170. The summed E-state index contributed by atoms with van der Waals surface area (Å²) >= 11 is 1.67. The van der Waals surface area contributed by atoms with Crippen molar-refractivity contribution < 1.29 is 0 Å². The van der Waals surface area contributed by atoms with Crippen LogP contribution in [-0.2, 0) is 26.4 Å². The number of benzene rings is 1. The van der Waals surface area contributed by atoms with Crippen LogP contribution >= 0.6 is 11.3 Å². The number of hydrogen-bond acceptors (Lipinski definition) is 5. The Labute approximate surface area is 162 Å². The number of aryl methyl sites for hydroxylation is 5. The molecule has 0 saturated carbocycles. The number of fused-ring (bicyclic) bond motifs is 4. The number of aromatic nitrogens is 4. The van der Waals surface area contributed by atoms with Gasteiger partial charge in [0.25, 0.3) is 0 Å². The lowest BCUT2D eigenvalue weighted by Crippen LogP contribution is -2.06. The minimum atomic E-state index is 0.789. The average molecular weight is 378 g/mol. The van der Waals surface area contributed by atoms with Gasteiger partial charge in [-0.15, -0.1) is 16.4 Å². The van der Waals surface area contributed by atoms with Crippen LogP contribution in [0.3, 0.4) is 0 Å². The molecule has 0 atom stereocenters. The van der Waals surface area contributed by atoms with E-state index < -0.39 is 0 Å². The van der Waals surface area contributed by atoms with Crippen LogP contribution < -0.4 is 5.32 Å². The molecule has 0 saturated heterocycles. The van der Waals surface area contributed by atoms with Crippen LogP contribution in [0.15, 0.2) is 18.2 Å². The Kier molecular flexibility index (Phi) is 3.90. The lowest BCUT2D eigenvalue weighted by Gasteiger charge is -2.16. The van der Waals surface area contributed by atoms with Gasteiger partial charge in [0.05, 0.1) is 15.9 Å². The Balaban J connectivity index is 1.50. The van der Waals surface area contributed by atoms with Gasteiger partial charge in [0, 0.05) is 19.0 Å². The highest BCUT2D eigenvalue weighted by Gasteiger charge is 2.19. The van der Waals surface area contributed by atoms with Crippen LogP contribution in [-0.4, -0.2) is 20.0 Å². The second-order valence-electron chi connectivity index (χ2n) is 7.51. The largest absolute Gasteiger partial charge is 0.363 e. The van der Waals surface area contributed by atoms with Gasteiger partial charge >= 0.3 is 0 Å². The first-order chi connectivity index (χ1) is 13.1. The molecule has 3 heterocycles. The molecule has 27 heavy (non-hydrogen) atoms. The highest BCUT2D eigenvalue weighted by molar-refractivity contribution is 7.26. The molecule has 1 aliphatic rings. The van der Waals surface area contributed by atoms with Gasteiger partial charge in [-0.2, -0.15) is 10.2 Å². The van der Waals surface area contributed by atoms with E-state index in [1.807, 2.05) is 18.7 Å². The molecule has 0 spiro atoms. The number of thiophene rings is 1. The van der Waals surface area contributed by atoms with Crippen molar-refractivity contribution in [1.29, 1.82) is 0 Å². The van der Waals surface area contributed by atoms with E-state index in [4.69, 9.17) is 5.10 Å². The van der Waals surface area contributed by atoms with Gasteiger partial charge in [-0.3, -0.25) is 4.68 Å². The van der Waals surface area contributed by atoms with Crippen molar-refractivity contribution in [2.45, 2.75) is 46.1 Å². The third-order valence-corrected chi connectivity index (χ3v) is 6.80. The molecule has 4 aromatic rings. The van der Waals surface area contributed by atoms with Crippen LogP contribution in [0.4, 0.5) is 5.82 Å². The quantitative estimate of drug-likeness (QED) is 0.563. The SMILES string of the molecule is Cc1nnc2sc3c(NCc4ccc5c(c4)CCCC5)nn(C)c3c2c1C. The monoisotopic (exact) mass is 377 g/mol. The first-order valence-electron chi connectivity index (χ1n) is 9.55. The normalized spacial score (nSPS) is 14.0. The van der Waals surface area contributed by atoms with Crippen molar-refractivity contribution in [3.05, 3.63) is 46.1 Å². The average Bonchev–Trinajstić information content (AvgIpc) is 3.21. The first-order valence-corrected chi connectivity index (χ1v) is 10.4. The summed E-state index contributed by atoms with van der Waals surface area (Å²) in [5, 5.41) is 18.2. The van der Waals surface area contributed by atoms with E-state index in [-0.39, 0.29) is 0 Å². The van der Waals surface area contributed by atoms with E-state index in [0.717, 1.165) is 33.1 Å². The zero-order chi connectivity index (χ0) is 18.5. The first kappa shape index (κ1) is 16.7. The van der Waals surface area contributed by atoms with Gasteiger partial charge in [0.1, 0.15) is 4.83 Å². The van der Waals surface area contributed by atoms with Crippen molar-refractivity contribution in [2.75, 3.05) is 5.32 Å². The molecule has 0 amide bonds. The number of nitrogens with one attached hydrogen (secondary N) is 1. The van der Waals surface area contributed by atoms with Gasteiger partial charge in [-0.1, -0.05) is 18.2 Å². The number of rotatable bonds is 3. The van der Waals surface area contributed by atoms with Crippen molar-refractivity contribution in [3.63, 3.8) is 0 Å². The Morgan fingerprint density at radius 3 is 2.78 bits per heavy atom. The maximum absolute atomic E-state index is 4.74. The van der Waals surface area contributed by atoms with Crippen molar-refractivity contribution in [3.8, 4) is 0 Å². The number of nitrogens with zero attached hydrogens (tertiary/aromatic N) is 4. The van der Waals surface area contributed by atoms with Crippen LogP contribution in [0.25, 0.3) is 20.4 Å². The Morgan fingerprint density at radius 1 is 1.11 bits per heavy atom. The van der Waals surface area contributed by atoms with Crippen molar-refractivity contribution in [2.24, 2.45) is 7.05 Å². The molecule has 0 aliphatic heterocycles. The van der Waals surface area contributed by atoms with Crippen molar-refractivity contribution >= 4 is 37.6 Å². The molecular formula is C21H23N5S. The smallest absolute Gasteiger partial charge is 0.166 e. The van der Waals surface area contributed by atoms with Gasteiger partial charge in [-0.05, 0) is 61.8 Å². The zero-order valence-electron chi connectivity index (χ0n) is 16.0. The van der Waals surface area contributed by atoms with Crippen LogP contribution in [0, 0.1) is 13.8 Å². The van der Waals surface area contributed by atoms with E-state index in [2.05, 4.69) is 40.6 Å². The molecule has 1 aliphatic carbocycles. The fraction of sp³-hybridized carbons (Fsp3) is 0.381. The zero-order valence-corrected chi connectivity index (χ0v) is 16.8. The molecule has 1 aromatic carbocycles. The maximum atomic E-state index is 4.74. The number of anilines is 1. The van der Waals surface area contributed by atoms with Crippen molar-refractivity contribution in [1.82, 2.24) is 20.0 Å². The van der Waals surface area contributed by atoms with E-state index in [1.54, 1.807) is 11.3 Å². The minimum Gasteiger partial charge on any atom is -0.363 e. The summed E-state index contributed by atoms with van der Waals surface area (Å²) in [5.74, 6) is 0.935. The van der Waals surface area contributed by atoms with Crippen LogP contribution in [0.2, 0.25) is 0 Å². The highest BCUT2D eigenvalue weighted by Crippen LogP contribution is 2.38. The summed E-state index contributed by atoms with van der Waals surface area (Å²) in [5.41, 5.74) is 7.69. The molecule has 0 fully saturated rings. The summed E-state index contributed by atoms with van der Waals surface area (Å²) in [7, 11) is 2.01. The van der Waals surface area contributed by atoms with Crippen LogP contribution in [0.1, 0.15) is 40.8 Å². The molecule has 0 radical (unpaired) electrons. The molecule has 1 N–H and O–H groups in total. The van der Waals surface area contributed by atoms with Gasteiger partial charge < -0.3 is 5.32 Å². The highest BCUT2D eigenvalue weighted by atomic mass is 32.1. The second kappa shape index (κ2) is 6.30. The van der Waals surface area contributed by atoms with E-state index >= 15 is 0 Å². The predicted octanol–water partition coefficient (Wildman–Crippen LogP) is 4.69. The predicted molar refractivity (Wildman–Crippen MR) is 112 cm³/mol. The Morgan fingerprint density at radius 2 is 1.93 bits per heavy atom. The van der Waals surface area contributed by atoms with E-state index in [0.29, 0.717) is 0 Å². The fourth-order valence-electron chi connectivity index (χ4n) is 4.11. The molecule has 5 nitrogen and oxygen atoms in total. The topological polar surface area (TPSA) is 55.6 Å². The summed E-state index contributed by atoms with van der Waals surface area (Å²) < 4.78 is 3.13. The molecule has 6 heteroatoms. The molecule has 0 bridgehead atoms. The van der Waals surface area contributed by atoms with Crippen LogP contribution in [0.5, 0.6) is 0 Å². The summed E-state index contributed by atoms with van der Waals surface area (Å²) in [6.07, 6.45) is 5.08. The molecule has 0 unspecified atom stereocenters. The van der Waals surface area contributed by atoms with E-state index in [9.17, 15) is 0 Å². The molecule has 5 rings (SSSR count). The maximum Gasteiger partial charge on any atom is 0.166 e. The standard InChI is InChI=1S/C21H23N5S/c1-12-13(2)23-24-21-17(12)18-19(27-21)20(25-26(18)3)22-11-14-8-9-15-6-4-5-7-16(15)10-14/h8-10H,4-7,11H2,1-3H3,(H,22,25). The lowest BCUT2D eigenvalue weighted by atomic mass is 9.90. The molecular weight excluding hydrogens is 354 g/mol. The minimum absolute atomic E-state index is 0.789. The van der Waals surface area contributed by atoms with Gasteiger partial charge in [0.2, 0.25) is 0 Å².